The summed E-state index contributed by atoms with van der Waals surface area (Å²) in [5, 5.41) is 32.9. The largest absolute Gasteiger partial charge is 0.276 e. The Hall–Kier alpha value is -2.56. The molecule has 0 aliphatic heterocycles. The number of aromatic nitrogens is 4. The molecule has 0 bridgehead atoms. The summed E-state index contributed by atoms with van der Waals surface area (Å²) < 4.78 is 1.44. The van der Waals surface area contributed by atoms with E-state index in [1.54, 1.807) is 7.05 Å². The molecule has 1 aromatic heterocycles. The molecule has 0 saturated heterocycles. The molecule has 1 heterocycles. The van der Waals surface area contributed by atoms with Gasteiger partial charge in [-0.25, -0.2) is 4.68 Å². The number of nitrogens with zero attached hydrogens (tertiary/aromatic N) is 6. The maximum absolute atomic E-state index is 10.8. The number of nitro benzene ring substituents is 2. The maximum atomic E-state index is 10.8. The first-order chi connectivity index (χ1) is 9.47. The van der Waals surface area contributed by atoms with Crippen molar-refractivity contribution in [3.63, 3.8) is 0 Å². The number of thioether (sulfide) groups is 1. The number of aryl methyl sites for hydroxylation is 1. The van der Waals surface area contributed by atoms with Crippen LogP contribution in [0.1, 0.15) is 5.56 Å². The molecule has 0 unspecified atom stereocenters. The zero-order valence-electron chi connectivity index (χ0n) is 10.2. The van der Waals surface area contributed by atoms with Crippen molar-refractivity contribution in [2.24, 2.45) is 7.05 Å². The Labute approximate surface area is 116 Å². The number of hydrogen-bond donors (Lipinski definition) is 0. The molecule has 1 aromatic carbocycles. The standard InChI is InChI=1S/C9H8N6O4S/c1-13-9(10-11-12-13)20-5-6-2-7(14(16)17)4-8(3-6)15(18)19/h2-4H,5H2,1H3. The molecule has 2 aromatic rings. The molecule has 2 rings (SSSR count). The van der Waals surface area contributed by atoms with Crippen LogP contribution in [0.2, 0.25) is 0 Å². The van der Waals surface area contributed by atoms with Crippen LogP contribution in [0.4, 0.5) is 11.4 Å². The van der Waals surface area contributed by atoms with Crippen LogP contribution >= 0.6 is 11.8 Å². The summed E-state index contributed by atoms with van der Waals surface area (Å²) in [7, 11) is 1.65. The Morgan fingerprint density at radius 1 is 1.20 bits per heavy atom. The molecule has 0 amide bonds. The SMILES string of the molecule is Cn1nnnc1SCc1cc([N+](=O)[O-])cc([N+](=O)[O-])c1. The Bertz CT molecular complexity index is 640. The molecule has 0 aliphatic carbocycles. The van der Waals surface area contributed by atoms with Gasteiger partial charge in [-0.2, -0.15) is 0 Å². The summed E-state index contributed by atoms with van der Waals surface area (Å²) in [5.74, 6) is 0.288. The van der Waals surface area contributed by atoms with E-state index in [-0.39, 0.29) is 17.1 Å². The lowest BCUT2D eigenvalue weighted by Crippen LogP contribution is -1.96. The molecule has 11 heteroatoms. The Morgan fingerprint density at radius 2 is 1.80 bits per heavy atom. The third-order valence-corrected chi connectivity index (χ3v) is 3.41. The van der Waals surface area contributed by atoms with Gasteiger partial charge in [0.1, 0.15) is 0 Å². The predicted molar refractivity (Wildman–Crippen MR) is 68.1 cm³/mol. The molecule has 0 radical (unpaired) electrons. The average Bonchev–Trinajstić information content (AvgIpc) is 2.81. The second kappa shape index (κ2) is 5.61. The number of non-ortho nitro benzene ring substituents is 2. The van der Waals surface area contributed by atoms with Crippen molar-refractivity contribution in [2.45, 2.75) is 10.9 Å². The van der Waals surface area contributed by atoms with Crippen molar-refractivity contribution in [1.29, 1.82) is 0 Å². The maximum Gasteiger partial charge on any atom is 0.276 e. The van der Waals surface area contributed by atoms with Crippen LogP contribution in [0.15, 0.2) is 23.4 Å². The van der Waals surface area contributed by atoms with Gasteiger partial charge in [-0.1, -0.05) is 11.8 Å². The molecular weight excluding hydrogens is 288 g/mol. The second-order valence-corrected chi connectivity index (χ2v) is 4.69. The van der Waals surface area contributed by atoms with Gasteiger partial charge in [-0.15, -0.1) is 5.10 Å². The van der Waals surface area contributed by atoms with E-state index in [0.717, 1.165) is 6.07 Å². The van der Waals surface area contributed by atoms with Gasteiger partial charge >= 0.3 is 0 Å². The van der Waals surface area contributed by atoms with Gasteiger partial charge in [-0.3, -0.25) is 20.2 Å². The van der Waals surface area contributed by atoms with Crippen molar-refractivity contribution >= 4 is 23.1 Å². The molecule has 10 nitrogen and oxygen atoms in total. The van der Waals surface area contributed by atoms with E-state index < -0.39 is 9.85 Å². The van der Waals surface area contributed by atoms with E-state index in [1.165, 1.54) is 28.6 Å². The molecule has 0 fully saturated rings. The molecule has 0 atom stereocenters. The molecule has 0 saturated carbocycles. The molecule has 104 valence electrons. The summed E-state index contributed by atoms with van der Waals surface area (Å²) >= 11 is 1.23. The van der Waals surface area contributed by atoms with Crippen LogP contribution in [-0.4, -0.2) is 30.1 Å². The van der Waals surface area contributed by atoms with Crippen LogP contribution < -0.4 is 0 Å². The van der Waals surface area contributed by atoms with E-state index in [9.17, 15) is 20.2 Å². The Balaban J connectivity index is 2.24. The third kappa shape index (κ3) is 3.06. The highest BCUT2D eigenvalue weighted by Gasteiger charge is 2.16. The highest BCUT2D eigenvalue weighted by atomic mass is 32.2. The monoisotopic (exact) mass is 296 g/mol. The van der Waals surface area contributed by atoms with E-state index in [1.807, 2.05) is 0 Å². The van der Waals surface area contributed by atoms with E-state index in [2.05, 4.69) is 15.5 Å². The van der Waals surface area contributed by atoms with Gasteiger partial charge in [0.25, 0.3) is 11.4 Å². The van der Waals surface area contributed by atoms with Crippen LogP contribution in [-0.2, 0) is 12.8 Å². The quantitative estimate of drug-likeness (QED) is 0.458. The molecular formula is C9H8N6O4S. The minimum Gasteiger partial charge on any atom is -0.258 e. The van der Waals surface area contributed by atoms with Crippen molar-refractivity contribution in [3.05, 3.63) is 44.0 Å². The first kappa shape index (κ1) is 13.9. The lowest BCUT2D eigenvalue weighted by Gasteiger charge is -2.01. The highest BCUT2D eigenvalue weighted by Crippen LogP contribution is 2.27. The summed E-state index contributed by atoms with van der Waals surface area (Å²) in [6.07, 6.45) is 0. The fraction of sp³-hybridized carbons (Fsp3) is 0.222. The summed E-state index contributed by atoms with van der Waals surface area (Å²) in [6, 6.07) is 3.52. The minimum absolute atomic E-state index is 0.288. The van der Waals surface area contributed by atoms with Gasteiger partial charge < -0.3 is 0 Å². The zero-order valence-corrected chi connectivity index (χ0v) is 11.0. The van der Waals surface area contributed by atoms with E-state index >= 15 is 0 Å². The van der Waals surface area contributed by atoms with Crippen molar-refractivity contribution in [2.75, 3.05) is 0 Å². The van der Waals surface area contributed by atoms with Crippen LogP contribution in [0.5, 0.6) is 0 Å². The van der Waals surface area contributed by atoms with Crippen molar-refractivity contribution < 1.29 is 9.85 Å². The summed E-state index contributed by atoms with van der Waals surface area (Å²) in [6.45, 7) is 0. The number of rotatable bonds is 5. The molecule has 20 heavy (non-hydrogen) atoms. The van der Waals surface area contributed by atoms with E-state index in [0.29, 0.717) is 10.7 Å². The minimum atomic E-state index is -0.662. The number of benzene rings is 1. The first-order valence-electron chi connectivity index (χ1n) is 5.25. The predicted octanol–water partition coefficient (Wildman–Crippen LogP) is 1.32. The second-order valence-electron chi connectivity index (χ2n) is 3.75. The lowest BCUT2D eigenvalue weighted by atomic mass is 10.2. The molecule has 0 N–H and O–H groups in total. The first-order valence-corrected chi connectivity index (χ1v) is 6.24. The number of nitro groups is 2. The van der Waals surface area contributed by atoms with Gasteiger partial charge in [-0.05, 0) is 16.0 Å². The Morgan fingerprint density at radius 3 is 2.25 bits per heavy atom. The number of hydrogen-bond acceptors (Lipinski definition) is 8. The topological polar surface area (TPSA) is 130 Å². The van der Waals surface area contributed by atoms with Gasteiger partial charge in [0.05, 0.1) is 15.9 Å². The normalized spacial score (nSPS) is 10.4. The Kier molecular flexibility index (Phi) is 3.89. The average molecular weight is 296 g/mol. The fourth-order valence-electron chi connectivity index (χ4n) is 1.44. The van der Waals surface area contributed by atoms with Gasteiger partial charge in [0, 0.05) is 24.9 Å². The molecule has 0 aliphatic rings. The smallest absolute Gasteiger partial charge is 0.258 e. The van der Waals surface area contributed by atoms with Gasteiger partial charge in [0.2, 0.25) is 5.16 Å². The van der Waals surface area contributed by atoms with E-state index in [4.69, 9.17) is 0 Å². The third-order valence-electron chi connectivity index (χ3n) is 2.33. The summed E-state index contributed by atoms with van der Waals surface area (Å²) in [4.78, 5) is 20.2. The highest BCUT2D eigenvalue weighted by molar-refractivity contribution is 7.98. The van der Waals surface area contributed by atoms with Crippen LogP contribution in [0.25, 0.3) is 0 Å². The lowest BCUT2D eigenvalue weighted by molar-refractivity contribution is -0.394. The fourth-order valence-corrected chi connectivity index (χ4v) is 2.22. The van der Waals surface area contributed by atoms with Gasteiger partial charge in [0.15, 0.2) is 0 Å². The zero-order chi connectivity index (χ0) is 14.7. The molecule has 0 spiro atoms. The van der Waals surface area contributed by atoms with Crippen molar-refractivity contribution in [1.82, 2.24) is 20.2 Å². The van der Waals surface area contributed by atoms with Crippen molar-refractivity contribution in [3.8, 4) is 0 Å². The summed E-state index contributed by atoms with van der Waals surface area (Å²) in [5.41, 5.74) is -0.171. The van der Waals surface area contributed by atoms with Crippen LogP contribution in [0, 0.1) is 20.2 Å². The number of tetrazole rings is 1. The van der Waals surface area contributed by atoms with Crippen LogP contribution in [0.3, 0.4) is 0 Å².